The second kappa shape index (κ2) is 4.02. The Balaban J connectivity index is 0.000000980. The lowest BCUT2D eigenvalue weighted by molar-refractivity contribution is 0.0699. The van der Waals surface area contributed by atoms with Crippen molar-refractivity contribution in [3.05, 3.63) is 36.2 Å². The first-order chi connectivity index (χ1) is 6.29. The summed E-state index contributed by atoms with van der Waals surface area (Å²) in [4.78, 5) is 18.7. The summed E-state index contributed by atoms with van der Waals surface area (Å²) in [6, 6.07) is 4.85. The van der Waals surface area contributed by atoms with E-state index in [9.17, 15) is 4.79 Å². The average molecular weight is 211 g/mol. The molecule has 2 aromatic rings. The van der Waals surface area contributed by atoms with E-state index in [0.717, 1.165) is 0 Å². The average Bonchev–Trinajstić information content (AvgIpc) is 2.17. The summed E-state index contributed by atoms with van der Waals surface area (Å²) < 4.78 is 0. The third-order valence-electron chi connectivity index (χ3n) is 1.75. The van der Waals surface area contributed by atoms with Gasteiger partial charge in [0, 0.05) is 17.8 Å². The molecule has 0 aliphatic carbocycles. The molecule has 0 aliphatic heterocycles. The lowest BCUT2D eigenvalue weighted by Gasteiger charge is -1.98. The van der Waals surface area contributed by atoms with Gasteiger partial charge < -0.3 is 5.11 Å². The van der Waals surface area contributed by atoms with Crippen molar-refractivity contribution in [1.82, 2.24) is 9.97 Å². The molecule has 0 aliphatic rings. The minimum Gasteiger partial charge on any atom is -0.478 e. The van der Waals surface area contributed by atoms with Crippen molar-refractivity contribution in [2.75, 3.05) is 0 Å². The standard InChI is InChI=1S/C9H6N2O2.ClH/c12-9(13)7-3-5-11-8-6(7)2-1-4-10-8;/h1-5H,(H,12,13);1H. The summed E-state index contributed by atoms with van der Waals surface area (Å²) in [7, 11) is 0. The van der Waals surface area contributed by atoms with Gasteiger partial charge in [-0.15, -0.1) is 12.4 Å². The molecular weight excluding hydrogens is 204 g/mol. The molecule has 0 fully saturated rings. The smallest absolute Gasteiger partial charge is 0.336 e. The highest BCUT2D eigenvalue weighted by Crippen LogP contribution is 2.13. The maximum Gasteiger partial charge on any atom is 0.336 e. The fourth-order valence-electron chi connectivity index (χ4n) is 1.17. The number of carboxylic acid groups (broad SMARTS) is 1. The first-order valence-corrected chi connectivity index (χ1v) is 3.72. The van der Waals surface area contributed by atoms with Crippen molar-refractivity contribution in [3.63, 3.8) is 0 Å². The Morgan fingerprint density at radius 1 is 1.21 bits per heavy atom. The number of pyridine rings is 2. The molecule has 0 atom stereocenters. The number of aromatic carboxylic acids is 1. The Kier molecular flexibility index (Phi) is 2.99. The van der Waals surface area contributed by atoms with Crippen molar-refractivity contribution < 1.29 is 9.90 Å². The van der Waals surface area contributed by atoms with Gasteiger partial charge in [0.2, 0.25) is 0 Å². The van der Waals surface area contributed by atoms with Crippen LogP contribution in [0, 0.1) is 0 Å². The van der Waals surface area contributed by atoms with Crippen molar-refractivity contribution in [3.8, 4) is 0 Å². The molecule has 0 bridgehead atoms. The summed E-state index contributed by atoms with van der Waals surface area (Å²) in [5, 5.41) is 9.39. The maximum absolute atomic E-state index is 10.8. The topological polar surface area (TPSA) is 63.1 Å². The van der Waals surface area contributed by atoms with Crippen LogP contribution in [-0.4, -0.2) is 21.0 Å². The SMILES string of the molecule is Cl.O=C(O)c1ccnc2ncccc12. The zero-order valence-corrected chi connectivity index (χ0v) is 7.86. The van der Waals surface area contributed by atoms with E-state index in [1.807, 2.05) is 0 Å². The van der Waals surface area contributed by atoms with Crippen LogP contribution in [-0.2, 0) is 0 Å². The first-order valence-electron chi connectivity index (χ1n) is 3.72. The Bertz CT molecular complexity index is 468. The summed E-state index contributed by atoms with van der Waals surface area (Å²) in [6.45, 7) is 0. The van der Waals surface area contributed by atoms with Crippen molar-refractivity contribution in [2.45, 2.75) is 0 Å². The van der Waals surface area contributed by atoms with E-state index < -0.39 is 5.97 Å². The van der Waals surface area contributed by atoms with E-state index in [2.05, 4.69) is 9.97 Å². The van der Waals surface area contributed by atoms with Crippen molar-refractivity contribution in [2.24, 2.45) is 0 Å². The quantitative estimate of drug-likeness (QED) is 0.779. The zero-order valence-electron chi connectivity index (χ0n) is 7.04. The van der Waals surface area contributed by atoms with Gasteiger partial charge in [0.1, 0.15) is 0 Å². The third kappa shape index (κ3) is 1.65. The van der Waals surface area contributed by atoms with E-state index in [1.54, 1.807) is 18.3 Å². The predicted molar refractivity (Wildman–Crippen MR) is 53.7 cm³/mol. The van der Waals surface area contributed by atoms with E-state index in [-0.39, 0.29) is 18.0 Å². The lowest BCUT2D eigenvalue weighted by Crippen LogP contribution is -1.98. The highest BCUT2D eigenvalue weighted by molar-refractivity contribution is 6.01. The number of hydrogen-bond acceptors (Lipinski definition) is 3. The van der Waals surface area contributed by atoms with Gasteiger partial charge in [-0.3, -0.25) is 0 Å². The Morgan fingerprint density at radius 3 is 2.64 bits per heavy atom. The van der Waals surface area contributed by atoms with Crippen LogP contribution in [0.1, 0.15) is 10.4 Å². The van der Waals surface area contributed by atoms with Gasteiger partial charge in [-0.2, -0.15) is 0 Å². The summed E-state index contributed by atoms with van der Waals surface area (Å²) in [5.41, 5.74) is 0.695. The van der Waals surface area contributed by atoms with E-state index in [1.165, 1.54) is 12.3 Å². The first kappa shape index (κ1) is 10.4. The molecule has 5 heteroatoms. The molecule has 0 unspecified atom stereocenters. The van der Waals surface area contributed by atoms with Crippen LogP contribution in [0.2, 0.25) is 0 Å². The Morgan fingerprint density at radius 2 is 1.93 bits per heavy atom. The number of carbonyl (C=O) groups is 1. The number of hydrogen-bond donors (Lipinski definition) is 1. The van der Waals surface area contributed by atoms with Crippen LogP contribution in [0.5, 0.6) is 0 Å². The second-order valence-corrected chi connectivity index (χ2v) is 2.54. The number of nitrogens with zero attached hydrogens (tertiary/aromatic N) is 2. The number of aromatic nitrogens is 2. The minimum atomic E-state index is -0.958. The maximum atomic E-state index is 10.8. The van der Waals surface area contributed by atoms with Crippen LogP contribution in [0.25, 0.3) is 11.0 Å². The van der Waals surface area contributed by atoms with E-state index >= 15 is 0 Å². The molecule has 0 saturated carbocycles. The molecule has 0 saturated heterocycles. The van der Waals surface area contributed by atoms with Crippen LogP contribution in [0.4, 0.5) is 0 Å². The largest absolute Gasteiger partial charge is 0.478 e. The van der Waals surface area contributed by atoms with Gasteiger partial charge in [0.25, 0.3) is 0 Å². The van der Waals surface area contributed by atoms with Crippen LogP contribution < -0.4 is 0 Å². The molecule has 72 valence electrons. The Labute approximate surface area is 86.0 Å². The molecule has 2 rings (SSSR count). The molecule has 0 spiro atoms. The predicted octanol–water partition coefficient (Wildman–Crippen LogP) is 1.75. The molecule has 4 nitrogen and oxygen atoms in total. The normalized spacial score (nSPS) is 9.43. The summed E-state index contributed by atoms with van der Waals surface area (Å²) in [5.74, 6) is -0.958. The van der Waals surface area contributed by atoms with Crippen LogP contribution >= 0.6 is 12.4 Å². The zero-order chi connectivity index (χ0) is 9.26. The molecule has 14 heavy (non-hydrogen) atoms. The summed E-state index contributed by atoms with van der Waals surface area (Å²) >= 11 is 0. The number of halogens is 1. The third-order valence-corrected chi connectivity index (χ3v) is 1.75. The monoisotopic (exact) mass is 210 g/mol. The van der Waals surface area contributed by atoms with Gasteiger partial charge in [-0.05, 0) is 18.2 Å². The van der Waals surface area contributed by atoms with Gasteiger partial charge in [-0.25, -0.2) is 14.8 Å². The second-order valence-electron chi connectivity index (χ2n) is 2.54. The Hall–Kier alpha value is -1.68. The van der Waals surface area contributed by atoms with E-state index in [4.69, 9.17) is 5.11 Å². The fourth-order valence-corrected chi connectivity index (χ4v) is 1.17. The van der Waals surface area contributed by atoms with Gasteiger partial charge >= 0.3 is 5.97 Å². The summed E-state index contributed by atoms with van der Waals surface area (Å²) in [6.07, 6.45) is 3.03. The lowest BCUT2D eigenvalue weighted by atomic mass is 10.1. The fraction of sp³-hybridized carbons (Fsp3) is 0. The molecule has 0 amide bonds. The highest BCUT2D eigenvalue weighted by atomic mass is 35.5. The molecule has 1 N–H and O–H groups in total. The van der Waals surface area contributed by atoms with Crippen molar-refractivity contribution in [1.29, 1.82) is 0 Å². The molecule has 2 heterocycles. The molecule has 0 radical (unpaired) electrons. The molecule has 0 aromatic carbocycles. The van der Waals surface area contributed by atoms with Gasteiger partial charge in [-0.1, -0.05) is 0 Å². The van der Waals surface area contributed by atoms with Crippen molar-refractivity contribution >= 4 is 29.4 Å². The van der Waals surface area contributed by atoms with Gasteiger partial charge in [0.15, 0.2) is 5.65 Å². The van der Waals surface area contributed by atoms with Crippen LogP contribution in [0.3, 0.4) is 0 Å². The van der Waals surface area contributed by atoms with E-state index in [0.29, 0.717) is 11.0 Å². The van der Waals surface area contributed by atoms with Gasteiger partial charge in [0.05, 0.1) is 5.56 Å². The number of rotatable bonds is 1. The highest BCUT2D eigenvalue weighted by Gasteiger charge is 2.07. The minimum absolute atomic E-state index is 0. The number of fused-ring (bicyclic) bond motifs is 1. The molecular formula is C9H7ClN2O2. The molecule has 2 aromatic heterocycles. The number of carboxylic acids is 1. The van der Waals surface area contributed by atoms with Crippen LogP contribution in [0.15, 0.2) is 30.6 Å².